The minimum atomic E-state index is 0.140. The number of carbonyl (C=O) groups is 1. The molecule has 0 N–H and O–H groups in total. The summed E-state index contributed by atoms with van der Waals surface area (Å²) in [6, 6.07) is 2.26. The first kappa shape index (κ1) is 14.8. The lowest BCUT2D eigenvalue weighted by Crippen LogP contribution is -2.35. The van der Waals surface area contributed by atoms with Gasteiger partial charge < -0.3 is 4.90 Å². The Hall–Kier alpha value is 0.420. The van der Waals surface area contributed by atoms with Crippen LogP contribution >= 0.6 is 54.8 Å². The van der Waals surface area contributed by atoms with Gasteiger partial charge in [-0.1, -0.05) is 0 Å². The standard InChI is InChI=1S/C12H14Br2ClNOS/c13-10-7-9(11(14)18-10)12(17)16-6-2-4-8(16)3-1-5-15/h7-8H,1-6H2. The molecule has 1 atom stereocenters. The van der Waals surface area contributed by atoms with E-state index in [1.54, 1.807) is 11.3 Å². The van der Waals surface area contributed by atoms with E-state index in [0.29, 0.717) is 11.9 Å². The minimum Gasteiger partial charge on any atom is -0.336 e. The number of likely N-dealkylation sites (tertiary alicyclic amines) is 1. The van der Waals surface area contributed by atoms with Crippen molar-refractivity contribution in [2.75, 3.05) is 12.4 Å². The van der Waals surface area contributed by atoms with Gasteiger partial charge in [-0.3, -0.25) is 4.79 Å². The fraction of sp³-hybridized carbons (Fsp3) is 0.583. The van der Waals surface area contributed by atoms with Crippen molar-refractivity contribution in [3.05, 3.63) is 19.2 Å². The van der Waals surface area contributed by atoms with Crippen LogP contribution in [-0.2, 0) is 0 Å². The Balaban J connectivity index is 2.10. The van der Waals surface area contributed by atoms with Crippen molar-refractivity contribution >= 4 is 60.7 Å². The zero-order valence-corrected chi connectivity index (χ0v) is 14.5. The molecule has 1 aromatic heterocycles. The van der Waals surface area contributed by atoms with Gasteiger partial charge in [-0.25, -0.2) is 0 Å². The average molecular weight is 416 g/mol. The second-order valence-corrected chi connectivity index (χ2v) is 8.49. The number of hydrogen-bond acceptors (Lipinski definition) is 2. The molecule has 1 aromatic rings. The fourth-order valence-electron chi connectivity index (χ4n) is 2.36. The molecule has 0 bridgehead atoms. The van der Waals surface area contributed by atoms with Crippen LogP contribution in [0.2, 0.25) is 0 Å². The fourth-order valence-corrected chi connectivity index (χ4v) is 5.29. The quantitative estimate of drug-likeness (QED) is 0.641. The third kappa shape index (κ3) is 3.30. The third-order valence-corrected chi connectivity index (χ3v) is 5.80. The molecule has 100 valence electrons. The number of halogens is 3. The van der Waals surface area contributed by atoms with Crippen molar-refractivity contribution in [3.63, 3.8) is 0 Å². The molecule has 0 saturated carbocycles. The molecule has 1 fully saturated rings. The first-order valence-electron chi connectivity index (χ1n) is 5.95. The van der Waals surface area contributed by atoms with E-state index in [1.807, 2.05) is 11.0 Å². The largest absolute Gasteiger partial charge is 0.336 e. The van der Waals surface area contributed by atoms with Crippen molar-refractivity contribution in [2.24, 2.45) is 0 Å². The second kappa shape index (κ2) is 6.73. The average Bonchev–Trinajstić information content (AvgIpc) is 2.92. The molecule has 0 radical (unpaired) electrons. The SMILES string of the molecule is O=C(c1cc(Br)sc1Br)N1CCCC1CCCCl. The van der Waals surface area contributed by atoms with E-state index in [1.165, 1.54) is 0 Å². The summed E-state index contributed by atoms with van der Waals surface area (Å²) in [6.07, 6.45) is 4.19. The van der Waals surface area contributed by atoms with Crippen LogP contribution in [0.3, 0.4) is 0 Å². The predicted octanol–water partition coefficient (Wildman–Crippen LogP) is 4.90. The summed E-state index contributed by atoms with van der Waals surface area (Å²) in [5, 5.41) is 0. The van der Waals surface area contributed by atoms with E-state index in [9.17, 15) is 4.79 Å². The maximum atomic E-state index is 12.5. The molecule has 1 aliphatic heterocycles. The highest BCUT2D eigenvalue weighted by Crippen LogP contribution is 2.34. The first-order valence-corrected chi connectivity index (χ1v) is 8.89. The van der Waals surface area contributed by atoms with Crippen molar-refractivity contribution in [1.29, 1.82) is 0 Å². The summed E-state index contributed by atoms with van der Waals surface area (Å²) in [5.41, 5.74) is 0.768. The molecular formula is C12H14Br2ClNOS. The van der Waals surface area contributed by atoms with Crippen molar-refractivity contribution < 1.29 is 4.79 Å². The van der Waals surface area contributed by atoms with Gasteiger partial charge >= 0.3 is 0 Å². The molecule has 2 heterocycles. The Morgan fingerprint density at radius 2 is 2.33 bits per heavy atom. The van der Waals surface area contributed by atoms with Crippen LogP contribution in [-0.4, -0.2) is 29.3 Å². The smallest absolute Gasteiger partial charge is 0.256 e. The maximum absolute atomic E-state index is 12.5. The predicted molar refractivity (Wildman–Crippen MR) is 83.7 cm³/mol. The highest BCUT2D eigenvalue weighted by Gasteiger charge is 2.30. The molecule has 1 aliphatic rings. The molecule has 0 spiro atoms. The van der Waals surface area contributed by atoms with Gasteiger partial charge in [0.15, 0.2) is 0 Å². The van der Waals surface area contributed by atoms with E-state index in [4.69, 9.17) is 11.6 Å². The summed E-state index contributed by atoms with van der Waals surface area (Å²) in [4.78, 5) is 14.5. The highest BCUT2D eigenvalue weighted by atomic mass is 79.9. The normalized spacial score (nSPS) is 19.5. The topological polar surface area (TPSA) is 20.3 Å². The second-order valence-electron chi connectivity index (χ2n) is 4.36. The number of thiophene rings is 1. The Morgan fingerprint density at radius 3 is 2.94 bits per heavy atom. The lowest BCUT2D eigenvalue weighted by atomic mass is 10.1. The van der Waals surface area contributed by atoms with Crippen molar-refractivity contribution in [3.8, 4) is 0 Å². The lowest BCUT2D eigenvalue weighted by molar-refractivity contribution is 0.0730. The Morgan fingerprint density at radius 1 is 1.56 bits per heavy atom. The van der Waals surface area contributed by atoms with E-state index in [0.717, 1.165) is 45.4 Å². The van der Waals surface area contributed by atoms with Crippen LogP contribution < -0.4 is 0 Å². The zero-order valence-electron chi connectivity index (χ0n) is 9.79. The van der Waals surface area contributed by atoms with Gasteiger partial charge in [-0.05, 0) is 63.6 Å². The highest BCUT2D eigenvalue weighted by molar-refractivity contribution is 9.12. The molecule has 1 saturated heterocycles. The van der Waals surface area contributed by atoms with Crippen LogP contribution in [0.15, 0.2) is 13.6 Å². The monoisotopic (exact) mass is 413 g/mol. The van der Waals surface area contributed by atoms with Gasteiger partial charge in [0.1, 0.15) is 0 Å². The Labute approximate surface area is 133 Å². The number of nitrogens with zero attached hydrogens (tertiary/aromatic N) is 1. The Bertz CT molecular complexity index is 438. The summed E-state index contributed by atoms with van der Waals surface area (Å²) in [7, 11) is 0. The summed E-state index contributed by atoms with van der Waals surface area (Å²) in [6.45, 7) is 0.867. The zero-order chi connectivity index (χ0) is 13.1. The van der Waals surface area contributed by atoms with Gasteiger partial charge in [0.05, 0.1) is 13.1 Å². The maximum Gasteiger partial charge on any atom is 0.256 e. The van der Waals surface area contributed by atoms with Crippen molar-refractivity contribution in [1.82, 2.24) is 4.90 Å². The van der Waals surface area contributed by atoms with E-state index < -0.39 is 0 Å². The number of amides is 1. The van der Waals surface area contributed by atoms with Gasteiger partial charge in [0.25, 0.3) is 5.91 Å². The summed E-state index contributed by atoms with van der Waals surface area (Å²) in [5.74, 6) is 0.813. The van der Waals surface area contributed by atoms with E-state index in [-0.39, 0.29) is 5.91 Å². The first-order chi connectivity index (χ1) is 8.63. The van der Waals surface area contributed by atoms with Gasteiger partial charge in [0.2, 0.25) is 0 Å². The van der Waals surface area contributed by atoms with Crippen molar-refractivity contribution in [2.45, 2.75) is 31.7 Å². The van der Waals surface area contributed by atoms with E-state index >= 15 is 0 Å². The van der Waals surface area contributed by atoms with Crippen LogP contribution in [0.1, 0.15) is 36.0 Å². The van der Waals surface area contributed by atoms with Crippen LogP contribution in [0.4, 0.5) is 0 Å². The van der Waals surface area contributed by atoms with Gasteiger partial charge in [-0.2, -0.15) is 0 Å². The summed E-state index contributed by atoms with van der Waals surface area (Å²) < 4.78 is 1.89. The van der Waals surface area contributed by atoms with Crippen LogP contribution in [0.5, 0.6) is 0 Å². The molecule has 2 nitrogen and oxygen atoms in total. The lowest BCUT2D eigenvalue weighted by Gasteiger charge is -2.24. The number of alkyl halides is 1. The van der Waals surface area contributed by atoms with E-state index in [2.05, 4.69) is 31.9 Å². The molecule has 0 aliphatic carbocycles. The molecule has 1 amide bonds. The van der Waals surface area contributed by atoms with Gasteiger partial charge in [0, 0.05) is 18.5 Å². The number of rotatable bonds is 4. The molecule has 0 aromatic carbocycles. The molecular weight excluding hydrogens is 401 g/mol. The Kier molecular flexibility index (Phi) is 5.54. The summed E-state index contributed by atoms with van der Waals surface area (Å²) >= 11 is 14.2. The minimum absolute atomic E-state index is 0.140. The molecule has 1 unspecified atom stereocenters. The molecule has 2 rings (SSSR count). The van der Waals surface area contributed by atoms with Gasteiger partial charge in [-0.15, -0.1) is 22.9 Å². The van der Waals surface area contributed by atoms with Crippen LogP contribution in [0.25, 0.3) is 0 Å². The number of carbonyl (C=O) groups excluding carboxylic acids is 1. The van der Waals surface area contributed by atoms with Crippen LogP contribution in [0, 0.1) is 0 Å². The third-order valence-electron chi connectivity index (χ3n) is 3.20. The molecule has 6 heteroatoms. The molecule has 18 heavy (non-hydrogen) atoms. The number of hydrogen-bond donors (Lipinski definition) is 0.